The predicted molar refractivity (Wildman–Crippen MR) is 67.9 cm³/mol. The second-order valence-corrected chi connectivity index (χ2v) is 4.93. The van der Waals surface area contributed by atoms with Gasteiger partial charge in [0, 0.05) is 19.0 Å². The van der Waals surface area contributed by atoms with Gasteiger partial charge in [-0.15, -0.1) is 12.4 Å². The molecular formula is C12H23ClN2O. The summed E-state index contributed by atoms with van der Waals surface area (Å²) in [7, 11) is 0. The lowest BCUT2D eigenvalue weighted by Crippen LogP contribution is -2.32. The van der Waals surface area contributed by atoms with Crippen LogP contribution >= 0.6 is 12.4 Å². The molecule has 0 bridgehead atoms. The molecule has 1 saturated heterocycles. The van der Waals surface area contributed by atoms with Crippen molar-refractivity contribution in [1.82, 2.24) is 10.6 Å². The van der Waals surface area contributed by atoms with E-state index in [4.69, 9.17) is 0 Å². The summed E-state index contributed by atoms with van der Waals surface area (Å²) in [5.74, 6) is 0.951. The van der Waals surface area contributed by atoms with Crippen LogP contribution in [0, 0.1) is 5.92 Å². The first-order valence-corrected chi connectivity index (χ1v) is 6.34. The Bertz CT molecular complexity index is 213. The Morgan fingerprint density at radius 1 is 1.25 bits per heavy atom. The van der Waals surface area contributed by atoms with Crippen LogP contribution in [0.4, 0.5) is 0 Å². The molecule has 3 nitrogen and oxygen atoms in total. The number of carbonyl (C=O) groups excluding carboxylic acids is 1. The summed E-state index contributed by atoms with van der Waals surface area (Å²) in [5, 5.41) is 6.47. The van der Waals surface area contributed by atoms with Crippen molar-refractivity contribution < 1.29 is 4.79 Å². The number of halogens is 1. The highest BCUT2D eigenvalue weighted by Gasteiger charge is 2.20. The molecule has 0 aromatic heterocycles. The van der Waals surface area contributed by atoms with Crippen LogP contribution in [0.15, 0.2) is 0 Å². The lowest BCUT2D eigenvalue weighted by Gasteiger charge is -2.24. The summed E-state index contributed by atoms with van der Waals surface area (Å²) in [5.41, 5.74) is 0. The normalized spacial score (nSPS) is 24.6. The number of nitrogens with one attached hydrogen (secondary N) is 2. The fraction of sp³-hybridized carbons (Fsp3) is 0.917. The molecule has 2 aliphatic rings. The number of rotatable bonds is 5. The smallest absolute Gasteiger partial charge is 0.220 e. The van der Waals surface area contributed by atoms with Crippen LogP contribution in [-0.4, -0.2) is 25.0 Å². The zero-order chi connectivity index (χ0) is 10.5. The maximum absolute atomic E-state index is 11.5. The van der Waals surface area contributed by atoms with Gasteiger partial charge in [0.1, 0.15) is 0 Å². The van der Waals surface area contributed by atoms with E-state index in [-0.39, 0.29) is 18.3 Å². The summed E-state index contributed by atoms with van der Waals surface area (Å²) in [6.07, 6.45) is 8.27. The van der Waals surface area contributed by atoms with Gasteiger partial charge < -0.3 is 10.6 Å². The molecule has 0 spiro atoms. The number of carbonyl (C=O) groups is 1. The maximum Gasteiger partial charge on any atom is 0.220 e. The van der Waals surface area contributed by atoms with Crippen LogP contribution in [0.2, 0.25) is 0 Å². The minimum Gasteiger partial charge on any atom is -0.356 e. The van der Waals surface area contributed by atoms with E-state index in [1.165, 1.54) is 32.1 Å². The molecule has 2 fully saturated rings. The Labute approximate surface area is 104 Å². The van der Waals surface area contributed by atoms with E-state index in [1.54, 1.807) is 0 Å². The van der Waals surface area contributed by atoms with E-state index in [9.17, 15) is 4.79 Å². The van der Waals surface area contributed by atoms with Crippen molar-refractivity contribution in [1.29, 1.82) is 0 Å². The van der Waals surface area contributed by atoms with Gasteiger partial charge in [-0.25, -0.2) is 0 Å². The highest BCUT2D eigenvalue weighted by atomic mass is 35.5. The van der Waals surface area contributed by atoms with Crippen molar-refractivity contribution in [2.24, 2.45) is 5.92 Å². The van der Waals surface area contributed by atoms with E-state index in [2.05, 4.69) is 10.6 Å². The van der Waals surface area contributed by atoms with Crippen LogP contribution < -0.4 is 10.6 Å². The van der Waals surface area contributed by atoms with Crippen molar-refractivity contribution >= 4 is 18.3 Å². The molecule has 1 atom stereocenters. The molecule has 0 unspecified atom stereocenters. The minimum atomic E-state index is 0. The van der Waals surface area contributed by atoms with Crippen LogP contribution in [0.5, 0.6) is 0 Å². The van der Waals surface area contributed by atoms with Gasteiger partial charge in [-0.3, -0.25) is 4.79 Å². The summed E-state index contributed by atoms with van der Waals surface area (Å²) in [6, 6.07) is 0.647. The monoisotopic (exact) mass is 246 g/mol. The molecule has 0 aromatic carbocycles. The zero-order valence-electron chi connectivity index (χ0n) is 9.84. The molecule has 2 N–H and O–H groups in total. The van der Waals surface area contributed by atoms with E-state index >= 15 is 0 Å². The van der Waals surface area contributed by atoms with E-state index in [0.29, 0.717) is 12.0 Å². The van der Waals surface area contributed by atoms with Crippen LogP contribution in [-0.2, 0) is 4.79 Å². The topological polar surface area (TPSA) is 41.1 Å². The van der Waals surface area contributed by atoms with Crippen molar-refractivity contribution in [2.75, 3.05) is 13.1 Å². The largest absolute Gasteiger partial charge is 0.356 e. The number of amides is 1. The summed E-state index contributed by atoms with van der Waals surface area (Å²) < 4.78 is 0. The van der Waals surface area contributed by atoms with Crippen molar-refractivity contribution in [3.8, 4) is 0 Å². The predicted octanol–water partition coefficient (Wildman–Crippen LogP) is 1.86. The van der Waals surface area contributed by atoms with Gasteiger partial charge in [0.05, 0.1) is 0 Å². The average molecular weight is 247 g/mol. The summed E-state index contributed by atoms with van der Waals surface area (Å²) in [6.45, 7) is 2.00. The number of hydrogen-bond donors (Lipinski definition) is 2. The fourth-order valence-corrected chi connectivity index (χ4v) is 2.42. The minimum absolute atomic E-state index is 0. The first-order valence-electron chi connectivity index (χ1n) is 6.34. The molecule has 1 amide bonds. The van der Waals surface area contributed by atoms with E-state index in [0.717, 1.165) is 25.9 Å². The maximum atomic E-state index is 11.5. The van der Waals surface area contributed by atoms with Gasteiger partial charge in [-0.1, -0.05) is 6.42 Å². The molecule has 1 aliphatic carbocycles. The van der Waals surface area contributed by atoms with Gasteiger partial charge in [0.2, 0.25) is 5.91 Å². The Morgan fingerprint density at radius 3 is 2.62 bits per heavy atom. The zero-order valence-corrected chi connectivity index (χ0v) is 10.7. The Balaban J connectivity index is 0.00000128. The molecule has 1 aliphatic heterocycles. The molecule has 4 heteroatoms. The Hall–Kier alpha value is -0.280. The first kappa shape index (κ1) is 13.8. The lowest BCUT2D eigenvalue weighted by atomic mass is 9.83. The standard InChI is InChI=1S/C12H22N2O.ClH/c15-12(9-10-3-1-4-10)14-8-6-11-5-2-7-13-11;/h10-11,13H,1-9H2,(H,14,15);1H/t11-;/m1./s1. The molecule has 94 valence electrons. The van der Waals surface area contributed by atoms with Crippen LogP contribution in [0.1, 0.15) is 44.9 Å². The molecular weight excluding hydrogens is 224 g/mol. The highest BCUT2D eigenvalue weighted by molar-refractivity contribution is 5.85. The third kappa shape index (κ3) is 4.30. The molecule has 16 heavy (non-hydrogen) atoms. The van der Waals surface area contributed by atoms with Crippen molar-refractivity contribution in [3.63, 3.8) is 0 Å². The molecule has 0 radical (unpaired) electrons. The van der Waals surface area contributed by atoms with Gasteiger partial charge in [-0.2, -0.15) is 0 Å². The summed E-state index contributed by atoms with van der Waals surface area (Å²) >= 11 is 0. The Morgan fingerprint density at radius 2 is 2.06 bits per heavy atom. The number of hydrogen-bond acceptors (Lipinski definition) is 2. The quantitative estimate of drug-likeness (QED) is 0.778. The Kier molecular flexibility index (Phi) is 6.14. The SMILES string of the molecule is Cl.O=C(CC1CCC1)NCC[C@H]1CCCN1. The van der Waals surface area contributed by atoms with Gasteiger partial charge >= 0.3 is 0 Å². The van der Waals surface area contributed by atoms with Gasteiger partial charge in [0.15, 0.2) is 0 Å². The first-order chi connectivity index (χ1) is 7.34. The van der Waals surface area contributed by atoms with E-state index < -0.39 is 0 Å². The molecule has 1 saturated carbocycles. The van der Waals surface area contributed by atoms with Crippen molar-refractivity contribution in [3.05, 3.63) is 0 Å². The molecule has 1 heterocycles. The average Bonchev–Trinajstić information content (AvgIpc) is 2.64. The molecule has 0 aromatic rings. The van der Waals surface area contributed by atoms with Crippen LogP contribution in [0.3, 0.4) is 0 Å². The third-order valence-corrected chi connectivity index (χ3v) is 3.68. The van der Waals surface area contributed by atoms with Crippen molar-refractivity contribution in [2.45, 2.75) is 51.0 Å². The second kappa shape index (κ2) is 7.13. The second-order valence-electron chi connectivity index (χ2n) is 4.93. The summed E-state index contributed by atoms with van der Waals surface area (Å²) in [4.78, 5) is 11.5. The van der Waals surface area contributed by atoms with Crippen LogP contribution in [0.25, 0.3) is 0 Å². The van der Waals surface area contributed by atoms with Gasteiger partial charge in [-0.05, 0) is 44.6 Å². The lowest BCUT2D eigenvalue weighted by molar-refractivity contribution is -0.122. The van der Waals surface area contributed by atoms with E-state index in [1.807, 2.05) is 0 Å². The molecule has 2 rings (SSSR count). The third-order valence-electron chi connectivity index (χ3n) is 3.68. The fourth-order valence-electron chi connectivity index (χ4n) is 2.42. The van der Waals surface area contributed by atoms with Gasteiger partial charge in [0.25, 0.3) is 0 Å². The highest BCUT2D eigenvalue weighted by Crippen LogP contribution is 2.29.